The molecular formula is C10H6N2. The average Bonchev–Trinajstić information content (AvgIpc) is 2.16. The molecule has 0 aliphatic rings. The monoisotopic (exact) mass is 154 g/mol. The van der Waals surface area contributed by atoms with Gasteiger partial charge < -0.3 is 0 Å². The zero-order chi connectivity index (χ0) is 8.97. The van der Waals surface area contributed by atoms with Gasteiger partial charge in [-0.2, -0.15) is 10.5 Å². The van der Waals surface area contributed by atoms with Crippen molar-refractivity contribution in [1.82, 2.24) is 0 Å². The molecule has 1 aromatic rings. The quantitative estimate of drug-likeness (QED) is 0.621. The van der Waals surface area contributed by atoms with Gasteiger partial charge in [0.1, 0.15) is 0 Å². The molecule has 2 heteroatoms. The molecule has 0 N–H and O–H groups in total. The van der Waals surface area contributed by atoms with E-state index < -0.39 is 0 Å². The molecule has 0 unspecified atom stereocenters. The summed E-state index contributed by atoms with van der Waals surface area (Å²) in [5, 5.41) is 17.3. The molecule has 12 heavy (non-hydrogen) atoms. The summed E-state index contributed by atoms with van der Waals surface area (Å²) in [6, 6.07) is 9.01. The van der Waals surface area contributed by atoms with E-state index in [-0.39, 0.29) is 0 Å². The number of hydrogen-bond donors (Lipinski definition) is 0. The Bertz CT molecular complexity index is 359. The van der Waals surface area contributed by atoms with Crippen molar-refractivity contribution in [2.45, 2.75) is 0 Å². The maximum Gasteiger partial charge on any atom is 0.0998 e. The lowest BCUT2D eigenvalue weighted by Gasteiger charge is -1.97. The molecule has 56 valence electrons. The zero-order valence-corrected chi connectivity index (χ0v) is 6.41. The lowest BCUT2D eigenvalue weighted by Crippen LogP contribution is -1.86. The van der Waals surface area contributed by atoms with Gasteiger partial charge >= 0.3 is 0 Å². The lowest BCUT2D eigenvalue weighted by atomic mass is 10.0. The summed E-state index contributed by atoms with van der Waals surface area (Å²) in [5.41, 5.74) is 1.59. The fraction of sp³-hybridized carbons (Fsp3) is 0. The van der Waals surface area contributed by atoms with E-state index in [0.717, 1.165) is 0 Å². The Morgan fingerprint density at radius 1 is 1.17 bits per heavy atom. The average molecular weight is 154 g/mol. The van der Waals surface area contributed by atoms with Gasteiger partial charge in [0.2, 0.25) is 0 Å². The molecule has 0 heterocycles. The Morgan fingerprint density at radius 3 is 2.00 bits per heavy atom. The Kier molecular flexibility index (Phi) is 2.26. The molecule has 0 amide bonds. The number of hydrogen-bond acceptors (Lipinski definition) is 2. The van der Waals surface area contributed by atoms with Crippen LogP contribution in [0, 0.1) is 22.7 Å². The fourth-order valence-corrected chi connectivity index (χ4v) is 0.980. The number of nitriles is 2. The van der Waals surface area contributed by atoms with Crippen molar-refractivity contribution < 1.29 is 0 Å². The fourth-order valence-electron chi connectivity index (χ4n) is 0.980. The Morgan fingerprint density at radius 2 is 1.67 bits per heavy atom. The van der Waals surface area contributed by atoms with Gasteiger partial charge in [-0.25, -0.2) is 0 Å². The molecular weight excluding hydrogens is 148 g/mol. The molecule has 0 radical (unpaired) electrons. The van der Waals surface area contributed by atoms with Gasteiger partial charge in [0.25, 0.3) is 0 Å². The van der Waals surface area contributed by atoms with Crippen molar-refractivity contribution in [3.05, 3.63) is 41.5 Å². The van der Waals surface area contributed by atoms with Crippen LogP contribution in [0.2, 0.25) is 0 Å². The highest BCUT2D eigenvalue weighted by atomic mass is 14.3. The van der Waals surface area contributed by atoms with Gasteiger partial charge in [0.15, 0.2) is 0 Å². The van der Waals surface area contributed by atoms with E-state index in [1.807, 2.05) is 12.1 Å². The first-order valence-corrected chi connectivity index (χ1v) is 3.39. The molecule has 1 aromatic carbocycles. The second-order valence-electron chi connectivity index (χ2n) is 2.19. The van der Waals surface area contributed by atoms with Gasteiger partial charge in [-0.1, -0.05) is 18.7 Å². The van der Waals surface area contributed by atoms with E-state index in [9.17, 15) is 0 Å². The molecule has 0 saturated carbocycles. The molecule has 0 aliphatic carbocycles. The van der Waals surface area contributed by atoms with Crippen LogP contribution >= 0.6 is 0 Å². The van der Waals surface area contributed by atoms with Crippen LogP contribution in [0.1, 0.15) is 16.7 Å². The van der Waals surface area contributed by atoms with Crippen LogP contribution in [-0.2, 0) is 0 Å². The molecule has 0 fully saturated rings. The van der Waals surface area contributed by atoms with Gasteiger partial charge in [-0.15, -0.1) is 0 Å². The van der Waals surface area contributed by atoms with Crippen LogP contribution in [0.4, 0.5) is 0 Å². The number of benzene rings is 1. The van der Waals surface area contributed by atoms with E-state index in [0.29, 0.717) is 16.7 Å². The van der Waals surface area contributed by atoms with Crippen LogP contribution < -0.4 is 0 Å². The maximum absolute atomic E-state index is 8.66. The van der Waals surface area contributed by atoms with E-state index >= 15 is 0 Å². The second-order valence-corrected chi connectivity index (χ2v) is 2.19. The Labute approximate surface area is 71.0 Å². The van der Waals surface area contributed by atoms with Gasteiger partial charge in [-0.05, 0) is 12.1 Å². The van der Waals surface area contributed by atoms with E-state index in [4.69, 9.17) is 10.5 Å². The molecule has 0 spiro atoms. The van der Waals surface area contributed by atoms with Crippen LogP contribution in [-0.4, -0.2) is 0 Å². The molecule has 1 rings (SSSR count). The van der Waals surface area contributed by atoms with Crippen LogP contribution in [0.3, 0.4) is 0 Å². The standard InChI is InChI=1S/C10H6N2/c1-2-10-8(6-11)4-3-5-9(10)7-12/h2-5H,1H2. The summed E-state index contributed by atoms with van der Waals surface area (Å²) >= 11 is 0. The third kappa shape index (κ3) is 1.19. The summed E-state index contributed by atoms with van der Waals surface area (Å²) in [4.78, 5) is 0. The summed E-state index contributed by atoms with van der Waals surface area (Å²) in [7, 11) is 0. The number of rotatable bonds is 1. The molecule has 2 nitrogen and oxygen atoms in total. The molecule has 0 saturated heterocycles. The van der Waals surface area contributed by atoms with Crippen LogP contribution in [0.15, 0.2) is 24.8 Å². The topological polar surface area (TPSA) is 47.6 Å². The second kappa shape index (κ2) is 3.37. The number of nitrogens with zero attached hydrogens (tertiary/aromatic N) is 2. The van der Waals surface area contributed by atoms with Gasteiger partial charge in [0, 0.05) is 5.56 Å². The van der Waals surface area contributed by atoms with Crippen LogP contribution in [0.5, 0.6) is 0 Å². The minimum atomic E-state index is 0.490. The Hall–Kier alpha value is -2.06. The zero-order valence-electron chi connectivity index (χ0n) is 6.41. The van der Waals surface area contributed by atoms with Crippen molar-refractivity contribution in [2.75, 3.05) is 0 Å². The normalized spacial score (nSPS) is 8.17. The third-order valence-corrected chi connectivity index (χ3v) is 1.55. The first-order valence-electron chi connectivity index (χ1n) is 3.39. The molecule has 0 aliphatic heterocycles. The first kappa shape index (κ1) is 8.04. The summed E-state index contributed by atoms with van der Waals surface area (Å²) in [6.07, 6.45) is 1.52. The smallest absolute Gasteiger partial charge is 0.0998 e. The summed E-state index contributed by atoms with van der Waals surface area (Å²) in [6.45, 7) is 3.55. The van der Waals surface area contributed by atoms with E-state index in [1.54, 1.807) is 18.2 Å². The third-order valence-electron chi connectivity index (χ3n) is 1.55. The summed E-state index contributed by atoms with van der Waals surface area (Å²) < 4.78 is 0. The maximum atomic E-state index is 8.66. The highest BCUT2D eigenvalue weighted by Crippen LogP contribution is 2.14. The Balaban J connectivity index is 3.47. The molecule has 0 bridgehead atoms. The van der Waals surface area contributed by atoms with Crippen LogP contribution in [0.25, 0.3) is 6.08 Å². The van der Waals surface area contributed by atoms with Crippen molar-refractivity contribution in [3.63, 3.8) is 0 Å². The largest absolute Gasteiger partial charge is 0.192 e. The van der Waals surface area contributed by atoms with Crippen molar-refractivity contribution in [2.24, 2.45) is 0 Å². The van der Waals surface area contributed by atoms with Crippen molar-refractivity contribution in [3.8, 4) is 12.1 Å². The highest BCUT2D eigenvalue weighted by molar-refractivity contribution is 5.63. The highest BCUT2D eigenvalue weighted by Gasteiger charge is 2.02. The first-order chi connectivity index (χ1) is 5.83. The van der Waals surface area contributed by atoms with Crippen molar-refractivity contribution in [1.29, 1.82) is 10.5 Å². The van der Waals surface area contributed by atoms with Crippen molar-refractivity contribution >= 4 is 6.08 Å². The minimum absolute atomic E-state index is 0.490. The lowest BCUT2D eigenvalue weighted by molar-refractivity contribution is 1.43. The van der Waals surface area contributed by atoms with E-state index in [1.165, 1.54) is 6.08 Å². The van der Waals surface area contributed by atoms with E-state index in [2.05, 4.69) is 6.58 Å². The van der Waals surface area contributed by atoms with Gasteiger partial charge in [0.05, 0.1) is 23.3 Å². The summed E-state index contributed by atoms with van der Waals surface area (Å²) in [5.74, 6) is 0. The SMILES string of the molecule is C=Cc1c(C#N)cccc1C#N. The molecule has 0 atom stereocenters. The van der Waals surface area contributed by atoms with Gasteiger partial charge in [-0.3, -0.25) is 0 Å². The predicted molar refractivity (Wildman–Crippen MR) is 46.0 cm³/mol. The predicted octanol–water partition coefficient (Wildman–Crippen LogP) is 2.07. The minimum Gasteiger partial charge on any atom is -0.192 e. The molecule has 0 aromatic heterocycles.